The Morgan fingerprint density at radius 1 is 1.08 bits per heavy atom. The Bertz CT molecular complexity index is 1010. The Balaban J connectivity index is 1.76. The van der Waals surface area contributed by atoms with E-state index in [1.54, 1.807) is 6.92 Å². The first kappa shape index (κ1) is 14.8. The van der Waals surface area contributed by atoms with E-state index in [4.69, 9.17) is 4.42 Å². The van der Waals surface area contributed by atoms with Crippen molar-refractivity contribution in [3.63, 3.8) is 0 Å². The Morgan fingerprint density at radius 3 is 2.62 bits per heavy atom. The zero-order chi connectivity index (χ0) is 16.7. The van der Waals surface area contributed by atoms with E-state index in [1.165, 1.54) is 21.8 Å². The average Bonchev–Trinajstić information content (AvgIpc) is 3.16. The van der Waals surface area contributed by atoms with Gasteiger partial charge < -0.3 is 14.3 Å². The lowest BCUT2D eigenvalue weighted by Crippen LogP contribution is -2.07. The summed E-state index contributed by atoms with van der Waals surface area (Å²) >= 11 is 0. The maximum absolute atomic E-state index is 5.51. The number of aromatic nitrogens is 3. The molecule has 0 fully saturated rings. The molecule has 2 aromatic heterocycles. The standard InChI is InChI=1S/C19H20N4O/c1-4-23-17-8-6-5-7-15(17)16-11-14(9-10-18(16)23)20-12(2)19-22-21-13(3)24-19/h5-12,20H,4H2,1-3H3/t12-/m1/s1. The molecule has 2 heterocycles. The molecule has 0 amide bonds. The fourth-order valence-corrected chi connectivity index (χ4v) is 3.28. The van der Waals surface area contributed by atoms with E-state index in [9.17, 15) is 0 Å². The van der Waals surface area contributed by atoms with Gasteiger partial charge in [-0.05, 0) is 38.1 Å². The molecule has 0 aliphatic rings. The van der Waals surface area contributed by atoms with Gasteiger partial charge in [-0.25, -0.2) is 0 Å². The second-order valence-electron chi connectivity index (χ2n) is 6.02. The summed E-state index contributed by atoms with van der Waals surface area (Å²) in [6, 6.07) is 15.0. The first-order valence-corrected chi connectivity index (χ1v) is 8.25. The number of benzene rings is 2. The summed E-state index contributed by atoms with van der Waals surface area (Å²) in [6.07, 6.45) is 0. The summed E-state index contributed by atoms with van der Waals surface area (Å²) < 4.78 is 7.85. The first-order chi connectivity index (χ1) is 11.7. The molecule has 2 aromatic carbocycles. The largest absolute Gasteiger partial charge is 0.423 e. The predicted molar refractivity (Wildman–Crippen MR) is 96.2 cm³/mol. The summed E-state index contributed by atoms with van der Waals surface area (Å²) in [5, 5.41) is 14.0. The summed E-state index contributed by atoms with van der Waals surface area (Å²) in [6.45, 7) is 6.95. The number of fused-ring (bicyclic) bond motifs is 3. The van der Waals surface area contributed by atoms with Crippen molar-refractivity contribution in [2.45, 2.75) is 33.4 Å². The molecule has 5 nitrogen and oxygen atoms in total. The molecule has 122 valence electrons. The third-order valence-electron chi connectivity index (χ3n) is 4.38. The van der Waals surface area contributed by atoms with Gasteiger partial charge in [-0.15, -0.1) is 10.2 Å². The highest BCUT2D eigenvalue weighted by molar-refractivity contribution is 6.09. The van der Waals surface area contributed by atoms with Crippen LogP contribution < -0.4 is 5.32 Å². The summed E-state index contributed by atoms with van der Waals surface area (Å²) in [5.74, 6) is 1.18. The van der Waals surface area contributed by atoms with Crippen LogP contribution in [0.5, 0.6) is 0 Å². The van der Waals surface area contributed by atoms with Crippen LogP contribution in [0.2, 0.25) is 0 Å². The number of hydrogen-bond donors (Lipinski definition) is 1. The summed E-state index contributed by atoms with van der Waals surface area (Å²) in [5.41, 5.74) is 3.57. The maximum Gasteiger partial charge on any atom is 0.238 e. The van der Waals surface area contributed by atoms with Crippen molar-refractivity contribution >= 4 is 27.5 Å². The number of para-hydroxylation sites is 1. The van der Waals surface area contributed by atoms with Gasteiger partial charge in [-0.3, -0.25) is 0 Å². The Kier molecular flexibility index (Phi) is 3.49. The smallest absolute Gasteiger partial charge is 0.238 e. The molecule has 4 rings (SSSR count). The van der Waals surface area contributed by atoms with Crippen LogP contribution in [-0.2, 0) is 6.54 Å². The van der Waals surface area contributed by atoms with Gasteiger partial charge >= 0.3 is 0 Å². The van der Waals surface area contributed by atoms with Gasteiger partial charge in [0.2, 0.25) is 11.8 Å². The topological polar surface area (TPSA) is 55.9 Å². The van der Waals surface area contributed by atoms with Gasteiger partial charge in [-0.1, -0.05) is 18.2 Å². The number of hydrogen-bond acceptors (Lipinski definition) is 4. The molecule has 1 N–H and O–H groups in total. The molecule has 24 heavy (non-hydrogen) atoms. The van der Waals surface area contributed by atoms with Crippen molar-refractivity contribution < 1.29 is 4.42 Å². The Hall–Kier alpha value is -2.82. The van der Waals surface area contributed by atoms with Crippen LogP contribution in [0.15, 0.2) is 46.9 Å². The van der Waals surface area contributed by atoms with Gasteiger partial charge in [0, 0.05) is 41.0 Å². The molecule has 0 aliphatic carbocycles. The highest BCUT2D eigenvalue weighted by atomic mass is 16.4. The second kappa shape index (κ2) is 5.67. The monoisotopic (exact) mass is 320 g/mol. The lowest BCUT2D eigenvalue weighted by Gasteiger charge is -2.12. The molecule has 1 atom stereocenters. The Morgan fingerprint density at radius 2 is 1.88 bits per heavy atom. The molecule has 0 bridgehead atoms. The zero-order valence-corrected chi connectivity index (χ0v) is 14.1. The fourth-order valence-electron chi connectivity index (χ4n) is 3.28. The van der Waals surface area contributed by atoms with E-state index in [0.29, 0.717) is 11.8 Å². The molecule has 0 saturated heterocycles. The van der Waals surface area contributed by atoms with Gasteiger partial charge in [0.1, 0.15) is 6.04 Å². The van der Waals surface area contributed by atoms with Crippen molar-refractivity contribution in [1.82, 2.24) is 14.8 Å². The summed E-state index contributed by atoms with van der Waals surface area (Å²) in [4.78, 5) is 0. The number of nitrogens with zero attached hydrogens (tertiary/aromatic N) is 3. The lowest BCUT2D eigenvalue weighted by molar-refractivity contribution is 0.451. The van der Waals surface area contributed by atoms with Crippen molar-refractivity contribution in [3.05, 3.63) is 54.2 Å². The van der Waals surface area contributed by atoms with E-state index in [-0.39, 0.29) is 6.04 Å². The normalized spacial score (nSPS) is 12.8. The highest BCUT2D eigenvalue weighted by Gasteiger charge is 2.14. The van der Waals surface area contributed by atoms with Crippen molar-refractivity contribution in [1.29, 1.82) is 0 Å². The number of anilines is 1. The van der Waals surface area contributed by atoms with E-state index in [2.05, 4.69) is 69.5 Å². The van der Waals surface area contributed by atoms with Crippen molar-refractivity contribution in [2.24, 2.45) is 0 Å². The van der Waals surface area contributed by atoms with E-state index < -0.39 is 0 Å². The molecule has 0 unspecified atom stereocenters. The molecular weight excluding hydrogens is 300 g/mol. The van der Waals surface area contributed by atoms with Gasteiger partial charge in [-0.2, -0.15) is 0 Å². The zero-order valence-electron chi connectivity index (χ0n) is 14.1. The maximum atomic E-state index is 5.51. The minimum atomic E-state index is -0.0387. The van der Waals surface area contributed by atoms with Gasteiger partial charge in [0.15, 0.2) is 0 Å². The third-order valence-corrected chi connectivity index (χ3v) is 4.38. The predicted octanol–water partition coefficient (Wildman–Crippen LogP) is 4.68. The Labute approximate surface area is 140 Å². The van der Waals surface area contributed by atoms with Crippen LogP contribution in [-0.4, -0.2) is 14.8 Å². The SMILES string of the molecule is CCn1c2ccccc2c2cc(N[C@H](C)c3nnc(C)o3)ccc21. The molecule has 4 aromatic rings. The molecule has 0 spiro atoms. The minimum Gasteiger partial charge on any atom is -0.423 e. The third kappa shape index (κ3) is 2.33. The van der Waals surface area contributed by atoms with E-state index in [0.717, 1.165) is 12.2 Å². The average molecular weight is 320 g/mol. The lowest BCUT2D eigenvalue weighted by atomic mass is 10.1. The fraction of sp³-hybridized carbons (Fsp3) is 0.263. The number of nitrogens with one attached hydrogen (secondary N) is 1. The number of aryl methyl sites for hydroxylation is 2. The van der Waals surface area contributed by atoms with Crippen LogP contribution in [0.3, 0.4) is 0 Å². The van der Waals surface area contributed by atoms with Gasteiger partial charge in [0.25, 0.3) is 0 Å². The molecule has 0 saturated carbocycles. The molecule has 5 heteroatoms. The second-order valence-corrected chi connectivity index (χ2v) is 6.02. The van der Waals surface area contributed by atoms with E-state index in [1.807, 2.05) is 6.92 Å². The van der Waals surface area contributed by atoms with Crippen LogP contribution >= 0.6 is 0 Å². The van der Waals surface area contributed by atoms with Gasteiger partial charge in [0.05, 0.1) is 0 Å². The minimum absolute atomic E-state index is 0.0387. The molecule has 0 radical (unpaired) electrons. The quantitative estimate of drug-likeness (QED) is 0.593. The molecular formula is C19H20N4O. The van der Waals surface area contributed by atoms with E-state index >= 15 is 0 Å². The van der Waals surface area contributed by atoms with Crippen LogP contribution in [0.25, 0.3) is 21.8 Å². The number of rotatable bonds is 4. The van der Waals surface area contributed by atoms with Crippen molar-refractivity contribution in [3.8, 4) is 0 Å². The first-order valence-electron chi connectivity index (χ1n) is 8.25. The molecule has 0 aliphatic heterocycles. The van der Waals surface area contributed by atoms with Crippen LogP contribution in [0, 0.1) is 6.92 Å². The van der Waals surface area contributed by atoms with Crippen LogP contribution in [0.1, 0.15) is 31.7 Å². The summed E-state index contributed by atoms with van der Waals surface area (Å²) in [7, 11) is 0. The van der Waals surface area contributed by atoms with Crippen LogP contribution in [0.4, 0.5) is 5.69 Å². The van der Waals surface area contributed by atoms with Crippen molar-refractivity contribution in [2.75, 3.05) is 5.32 Å². The highest BCUT2D eigenvalue weighted by Crippen LogP contribution is 2.31.